The van der Waals surface area contributed by atoms with Gasteiger partial charge < -0.3 is 24.6 Å². The highest BCUT2D eigenvalue weighted by atomic mass is 35.5. The molecule has 0 heterocycles. The molecule has 0 aliphatic heterocycles. The Morgan fingerprint density at radius 2 is 1.79 bits per heavy atom. The third-order valence-corrected chi connectivity index (χ3v) is 7.97. The largest absolute Gasteiger partial charge is 0.467 e. The summed E-state index contributed by atoms with van der Waals surface area (Å²) in [4.78, 5) is 24.5. The van der Waals surface area contributed by atoms with Gasteiger partial charge in [0.15, 0.2) is 13.1 Å². The highest BCUT2D eigenvalue weighted by Gasteiger charge is 2.26. The number of hydrogen-bond acceptors (Lipinski definition) is 7. The number of carbonyl (C=O) groups excluding carboxylic acids is 1. The lowest BCUT2D eigenvalue weighted by Crippen LogP contribution is -2.41. The van der Waals surface area contributed by atoms with Gasteiger partial charge in [-0.1, -0.05) is 41.9 Å². The summed E-state index contributed by atoms with van der Waals surface area (Å²) < 4.78 is 36.7. The smallest absolute Gasteiger partial charge is 0.407 e. The van der Waals surface area contributed by atoms with E-state index in [1.807, 2.05) is 0 Å². The van der Waals surface area contributed by atoms with Crippen molar-refractivity contribution in [3.05, 3.63) is 88.4 Å². The van der Waals surface area contributed by atoms with Crippen LogP contribution in [0.5, 0.6) is 5.75 Å². The van der Waals surface area contributed by atoms with E-state index >= 15 is 0 Å². The van der Waals surface area contributed by atoms with E-state index in [0.717, 1.165) is 4.90 Å². The lowest BCUT2D eigenvalue weighted by molar-refractivity contribution is 0.0503. The summed E-state index contributed by atoms with van der Waals surface area (Å²) in [5.74, 6) is 0.0853. The van der Waals surface area contributed by atoms with Gasteiger partial charge in [-0.15, -0.1) is 0 Å². The first-order valence-corrected chi connectivity index (χ1v) is 13.4. The van der Waals surface area contributed by atoms with Crippen LogP contribution in [0, 0.1) is 0 Å². The van der Waals surface area contributed by atoms with Gasteiger partial charge in [0.2, 0.25) is 9.84 Å². The Bertz CT molecular complexity index is 1380. The van der Waals surface area contributed by atoms with E-state index in [1.165, 1.54) is 37.4 Å². The second kappa shape index (κ2) is 12.9. The number of nitrogens with zero attached hydrogens (tertiary/aromatic N) is 1. The fourth-order valence-corrected chi connectivity index (χ4v) is 5.60. The van der Waals surface area contributed by atoms with Crippen LogP contribution in [0.25, 0.3) is 0 Å². The van der Waals surface area contributed by atoms with Crippen molar-refractivity contribution in [2.75, 3.05) is 20.4 Å². The first-order chi connectivity index (χ1) is 18.1. The quantitative estimate of drug-likeness (QED) is 0.242. The van der Waals surface area contributed by atoms with Crippen LogP contribution < -0.4 is 4.74 Å². The Morgan fingerprint density at radius 3 is 2.39 bits per heavy atom. The number of hydrogen-bond donors (Lipinski definition) is 2. The number of methoxy groups -OCH3 is 1. The van der Waals surface area contributed by atoms with Crippen LogP contribution in [0.2, 0.25) is 5.02 Å². The molecule has 0 bridgehead atoms. The molecule has 3 aromatic rings. The minimum Gasteiger partial charge on any atom is -0.467 e. The number of aliphatic hydroxyl groups is 1. The van der Waals surface area contributed by atoms with Gasteiger partial charge in [0.05, 0.1) is 28.0 Å². The van der Waals surface area contributed by atoms with Crippen molar-refractivity contribution in [3.8, 4) is 5.75 Å². The molecule has 0 radical (unpaired) electrons. The second-order valence-electron chi connectivity index (χ2n) is 8.54. The number of carbonyl (C=O) groups is 2. The van der Waals surface area contributed by atoms with Gasteiger partial charge in [-0.3, -0.25) is 4.79 Å². The predicted octanol–water partition coefficient (Wildman–Crippen LogP) is 4.61. The van der Waals surface area contributed by atoms with Crippen LogP contribution >= 0.6 is 11.6 Å². The third-order valence-electron chi connectivity index (χ3n) is 5.91. The van der Waals surface area contributed by atoms with Crippen molar-refractivity contribution in [3.63, 3.8) is 0 Å². The van der Waals surface area contributed by atoms with Crippen molar-refractivity contribution >= 4 is 33.8 Å². The van der Waals surface area contributed by atoms with E-state index in [4.69, 9.17) is 21.1 Å². The summed E-state index contributed by atoms with van der Waals surface area (Å²) in [5.41, 5.74) is 1.07. The molecule has 3 aromatic carbocycles. The van der Waals surface area contributed by atoms with Crippen molar-refractivity contribution in [1.82, 2.24) is 4.90 Å². The Labute approximate surface area is 226 Å². The van der Waals surface area contributed by atoms with Gasteiger partial charge in [0.25, 0.3) is 0 Å². The average molecular weight is 562 g/mol. The molecule has 0 saturated carbocycles. The molecular weight excluding hydrogens is 534 g/mol. The van der Waals surface area contributed by atoms with Gasteiger partial charge in [-0.25, -0.2) is 13.2 Å². The fraction of sp³-hybridized carbons (Fsp3) is 0.259. The first-order valence-electron chi connectivity index (χ1n) is 11.6. The number of amides is 1. The SMILES string of the molecule is COCOc1cccc(S(=O)(=O)c2ccc(C[C@@H](C)N(C[C@H](O)c3cccc(Cl)c3)C(=O)O)cc2)c1C=O. The number of rotatable bonds is 12. The third kappa shape index (κ3) is 6.90. The number of sulfone groups is 1. The molecule has 38 heavy (non-hydrogen) atoms. The van der Waals surface area contributed by atoms with Crippen LogP contribution in [0.4, 0.5) is 4.79 Å². The van der Waals surface area contributed by atoms with Crippen molar-refractivity contribution < 1.29 is 37.7 Å². The number of halogens is 1. The van der Waals surface area contributed by atoms with Crippen LogP contribution in [0.1, 0.15) is 34.5 Å². The highest BCUT2D eigenvalue weighted by Crippen LogP contribution is 2.30. The molecule has 9 nitrogen and oxygen atoms in total. The maximum absolute atomic E-state index is 13.3. The summed E-state index contributed by atoms with van der Waals surface area (Å²) >= 11 is 5.97. The molecule has 0 aliphatic rings. The summed E-state index contributed by atoms with van der Waals surface area (Å²) in [6.45, 7) is 1.38. The van der Waals surface area contributed by atoms with Crippen molar-refractivity contribution in [1.29, 1.82) is 0 Å². The minimum absolute atomic E-state index is 0.0348. The summed E-state index contributed by atoms with van der Waals surface area (Å²) in [5, 5.41) is 20.7. The van der Waals surface area contributed by atoms with E-state index in [0.29, 0.717) is 22.4 Å². The van der Waals surface area contributed by atoms with E-state index in [1.54, 1.807) is 43.3 Å². The van der Waals surface area contributed by atoms with E-state index in [-0.39, 0.29) is 40.9 Å². The molecule has 0 aromatic heterocycles. The lowest BCUT2D eigenvalue weighted by Gasteiger charge is -2.29. The topological polar surface area (TPSA) is 130 Å². The molecule has 0 saturated heterocycles. The molecule has 0 aliphatic carbocycles. The Kier molecular flexibility index (Phi) is 9.87. The summed E-state index contributed by atoms with van der Waals surface area (Å²) in [7, 11) is -2.65. The second-order valence-corrected chi connectivity index (χ2v) is 10.9. The fourth-order valence-electron chi connectivity index (χ4n) is 3.96. The first kappa shape index (κ1) is 29.1. The van der Waals surface area contributed by atoms with Crippen LogP contribution in [-0.2, 0) is 21.0 Å². The molecule has 3 rings (SSSR count). The van der Waals surface area contributed by atoms with Gasteiger partial charge >= 0.3 is 6.09 Å². The highest BCUT2D eigenvalue weighted by molar-refractivity contribution is 7.91. The molecule has 1 amide bonds. The van der Waals surface area contributed by atoms with Gasteiger partial charge in [0.1, 0.15) is 5.75 Å². The maximum Gasteiger partial charge on any atom is 0.407 e. The molecule has 2 atom stereocenters. The van der Waals surface area contributed by atoms with Crippen LogP contribution in [-0.4, -0.2) is 62.4 Å². The zero-order valence-corrected chi connectivity index (χ0v) is 22.4. The lowest BCUT2D eigenvalue weighted by atomic mass is 10.0. The molecule has 11 heteroatoms. The van der Waals surface area contributed by atoms with E-state index in [9.17, 15) is 28.2 Å². The van der Waals surface area contributed by atoms with E-state index < -0.39 is 28.1 Å². The number of aliphatic hydroxyl groups excluding tert-OH is 1. The Morgan fingerprint density at radius 1 is 1.11 bits per heavy atom. The van der Waals surface area contributed by atoms with Crippen LogP contribution in [0.15, 0.2) is 76.5 Å². The molecular formula is C27H28ClNO8S. The van der Waals surface area contributed by atoms with Gasteiger partial charge in [0, 0.05) is 18.2 Å². The Hall–Kier alpha value is -3.44. The number of carboxylic acid groups (broad SMARTS) is 1. The van der Waals surface area contributed by atoms with Crippen molar-refractivity contribution in [2.24, 2.45) is 0 Å². The standard InChI is InChI=1S/C27H28ClNO8S/c1-18(29(27(32)33)15-24(31)20-5-3-6-21(28)14-20)13-19-9-11-22(12-10-19)38(34,35)26-8-4-7-25(23(26)16-30)37-17-36-2/h3-12,14,16,18,24,31H,13,15,17H2,1-2H3,(H,32,33)/t18-,24+/m1/s1. The average Bonchev–Trinajstić information content (AvgIpc) is 2.90. The predicted molar refractivity (Wildman–Crippen MR) is 141 cm³/mol. The number of aldehydes is 1. The minimum atomic E-state index is -4.05. The Balaban J connectivity index is 1.78. The van der Waals surface area contributed by atoms with Gasteiger partial charge in [-0.2, -0.15) is 0 Å². The van der Waals surface area contributed by atoms with Gasteiger partial charge in [-0.05, 0) is 60.9 Å². The zero-order valence-electron chi connectivity index (χ0n) is 20.8. The van der Waals surface area contributed by atoms with Crippen molar-refractivity contribution in [2.45, 2.75) is 35.3 Å². The molecule has 202 valence electrons. The zero-order chi connectivity index (χ0) is 27.9. The maximum atomic E-state index is 13.3. The van der Waals surface area contributed by atoms with E-state index in [2.05, 4.69) is 0 Å². The molecule has 0 spiro atoms. The molecule has 2 N–H and O–H groups in total. The summed E-state index contributed by atoms with van der Waals surface area (Å²) in [6.07, 6.45) is -1.58. The monoisotopic (exact) mass is 561 g/mol. The molecule has 0 unspecified atom stereocenters. The van der Waals surface area contributed by atoms with Crippen LogP contribution in [0.3, 0.4) is 0 Å². The number of benzene rings is 3. The molecule has 0 fully saturated rings. The normalized spacial score (nSPS) is 12.9. The number of ether oxygens (including phenoxy) is 2. The summed E-state index contributed by atoms with van der Waals surface area (Å²) in [6, 6.07) is 16.3.